The van der Waals surface area contributed by atoms with Crippen molar-refractivity contribution in [3.8, 4) is 0 Å². The summed E-state index contributed by atoms with van der Waals surface area (Å²) < 4.78 is 5.34. The van der Waals surface area contributed by atoms with Crippen LogP contribution < -0.4 is 15.9 Å². The Bertz CT molecular complexity index is 1700. The van der Waals surface area contributed by atoms with Crippen LogP contribution in [0.4, 0.5) is 0 Å². The Morgan fingerprint density at radius 3 is 1.68 bits per heavy atom. The highest BCUT2D eigenvalue weighted by atomic mass is 31.2. The maximum atomic E-state index is 14.7. The third-order valence-corrected chi connectivity index (χ3v) is 11.9. The number of rotatable bonds is 5. The van der Waals surface area contributed by atoms with Crippen molar-refractivity contribution >= 4 is 51.3 Å². The molecule has 0 spiro atoms. The van der Waals surface area contributed by atoms with Gasteiger partial charge in [-0.2, -0.15) is 0 Å². The van der Waals surface area contributed by atoms with Gasteiger partial charge in [-0.05, 0) is 40.9 Å². The molecule has 2 aliphatic rings. The van der Waals surface area contributed by atoms with E-state index in [1.54, 1.807) is 26.1 Å². The number of amides is 1. The summed E-state index contributed by atoms with van der Waals surface area (Å²) in [5, 5.41) is 3.45. The molecule has 0 atom stereocenters. The second kappa shape index (κ2) is 10.7. The van der Waals surface area contributed by atoms with E-state index in [4.69, 9.17) is 4.74 Å². The molecule has 6 heteroatoms. The van der Waals surface area contributed by atoms with Gasteiger partial charge in [0, 0.05) is 24.3 Å². The number of esters is 1. The summed E-state index contributed by atoms with van der Waals surface area (Å²) in [4.78, 5) is 43.2. The van der Waals surface area contributed by atoms with Crippen molar-refractivity contribution in [2.75, 3.05) is 13.7 Å². The average Bonchev–Trinajstić information content (AvgIpc) is 3.28. The minimum Gasteiger partial charge on any atom is -0.463 e. The normalized spacial score (nSPS) is 15.7. The van der Waals surface area contributed by atoms with Crippen LogP contribution in [0.1, 0.15) is 22.8 Å². The molecule has 1 amide bonds. The fourth-order valence-electron chi connectivity index (χ4n) is 5.90. The standard InChI is InChI=1S/C35H28NO4P/c1-3-40-30(37)23-29-27-21-13-14-22-28(27)33(38)32-31(29)34(35(39)36(32)2)41(24-15-7-4-8-16-24,25-17-9-5-10-18-25)26-19-11-6-12-20-26/h4-23H,3H2,1-2H3/b29-23+. The Labute approximate surface area is 239 Å². The lowest BCUT2D eigenvalue weighted by atomic mass is 9.83. The van der Waals surface area contributed by atoms with Crippen LogP contribution in [-0.2, 0) is 14.3 Å². The predicted molar refractivity (Wildman–Crippen MR) is 165 cm³/mol. The smallest absolute Gasteiger partial charge is 0.331 e. The van der Waals surface area contributed by atoms with Crippen LogP contribution in [0.2, 0.25) is 0 Å². The minimum atomic E-state index is -2.90. The molecule has 0 unspecified atom stereocenters. The first-order valence-corrected chi connectivity index (χ1v) is 15.3. The van der Waals surface area contributed by atoms with Gasteiger partial charge in [0.25, 0.3) is 5.91 Å². The Morgan fingerprint density at radius 1 is 0.732 bits per heavy atom. The molecule has 1 heterocycles. The highest BCUT2D eigenvalue weighted by Gasteiger charge is 2.48. The number of nitrogens with zero attached hydrogens (tertiary/aromatic N) is 1. The molecule has 6 rings (SSSR count). The maximum Gasteiger partial charge on any atom is 0.331 e. The molecular formula is C35H28NO4P. The number of ketones is 1. The zero-order valence-electron chi connectivity index (χ0n) is 22.8. The highest BCUT2D eigenvalue weighted by Crippen LogP contribution is 2.53. The topological polar surface area (TPSA) is 63.7 Å². The summed E-state index contributed by atoms with van der Waals surface area (Å²) in [6.07, 6.45) is 1.44. The first-order valence-electron chi connectivity index (χ1n) is 13.5. The molecule has 0 radical (unpaired) electrons. The van der Waals surface area contributed by atoms with E-state index < -0.39 is 12.9 Å². The molecule has 0 N–H and O–H groups in total. The molecule has 4 aromatic carbocycles. The molecule has 0 saturated heterocycles. The second-order valence-corrected chi connectivity index (χ2v) is 13.1. The number of hydrogen-bond acceptors (Lipinski definition) is 4. The van der Waals surface area contributed by atoms with Gasteiger partial charge in [-0.25, -0.2) is 4.79 Å². The number of Topliss-reactive ketones (excluding diaryl/α,β-unsaturated/α-hetero) is 1. The summed E-state index contributed by atoms with van der Waals surface area (Å²) in [6.45, 7) is -0.937. The van der Waals surface area contributed by atoms with Crippen LogP contribution in [0.25, 0.3) is 5.57 Å². The van der Waals surface area contributed by atoms with Crippen molar-refractivity contribution in [3.63, 3.8) is 0 Å². The highest BCUT2D eigenvalue weighted by molar-refractivity contribution is 7.97. The van der Waals surface area contributed by atoms with Gasteiger partial charge in [0.1, 0.15) is 5.70 Å². The van der Waals surface area contributed by atoms with Crippen molar-refractivity contribution in [1.82, 2.24) is 4.90 Å². The molecule has 202 valence electrons. The van der Waals surface area contributed by atoms with Crippen LogP contribution in [0.15, 0.2) is 133 Å². The first-order chi connectivity index (χ1) is 20.0. The number of ether oxygens (including phenoxy) is 1. The van der Waals surface area contributed by atoms with Crippen molar-refractivity contribution < 1.29 is 19.1 Å². The predicted octanol–water partition coefficient (Wildman–Crippen LogP) is 4.72. The van der Waals surface area contributed by atoms with Crippen LogP contribution in [0, 0.1) is 0 Å². The van der Waals surface area contributed by atoms with Gasteiger partial charge in [-0.15, -0.1) is 0 Å². The van der Waals surface area contributed by atoms with Crippen LogP contribution in [-0.4, -0.2) is 41.5 Å². The monoisotopic (exact) mass is 557 g/mol. The van der Waals surface area contributed by atoms with Gasteiger partial charge in [-0.3, -0.25) is 9.59 Å². The SMILES string of the molecule is CCOC(=O)/C=C1/C2=C(C(=O)c3ccccc31)N(C)C(=O)C2=P(c1ccccc1)(c1ccccc1)c1ccccc1. The molecule has 1 aliphatic carbocycles. The van der Waals surface area contributed by atoms with Crippen LogP contribution in [0.5, 0.6) is 0 Å². The Kier molecular flexibility index (Phi) is 6.90. The van der Waals surface area contributed by atoms with E-state index in [0.29, 0.717) is 27.6 Å². The Hall–Kier alpha value is -4.73. The number of allylic oxidation sites excluding steroid dienone is 2. The second-order valence-electron chi connectivity index (χ2n) is 9.80. The van der Waals surface area contributed by atoms with Crippen molar-refractivity contribution in [2.24, 2.45) is 0 Å². The fourth-order valence-corrected chi connectivity index (χ4v) is 10.4. The fraction of sp³-hybridized carbons (Fsp3) is 0.0857. The van der Waals surface area contributed by atoms with Crippen LogP contribution in [0.3, 0.4) is 0 Å². The van der Waals surface area contributed by atoms with Crippen molar-refractivity contribution in [3.05, 3.63) is 144 Å². The molecule has 0 saturated carbocycles. The van der Waals surface area contributed by atoms with Gasteiger partial charge in [-0.1, -0.05) is 115 Å². The third-order valence-electron chi connectivity index (χ3n) is 7.58. The summed E-state index contributed by atoms with van der Waals surface area (Å²) in [5.74, 6) is -1.02. The van der Waals surface area contributed by atoms with E-state index in [0.717, 1.165) is 15.9 Å². The number of fused-ring (bicyclic) bond motifs is 1. The molecule has 5 nitrogen and oxygen atoms in total. The maximum absolute atomic E-state index is 14.7. The Morgan fingerprint density at radius 2 is 1.20 bits per heavy atom. The Balaban J connectivity index is 1.87. The van der Waals surface area contributed by atoms with E-state index in [1.165, 1.54) is 11.0 Å². The minimum absolute atomic E-state index is 0.208. The van der Waals surface area contributed by atoms with Gasteiger partial charge >= 0.3 is 5.97 Å². The van der Waals surface area contributed by atoms with Gasteiger partial charge in [0.05, 0.1) is 11.9 Å². The van der Waals surface area contributed by atoms with E-state index in [2.05, 4.69) is 36.4 Å². The molecule has 0 fully saturated rings. The van der Waals surface area contributed by atoms with E-state index in [9.17, 15) is 14.4 Å². The molecule has 41 heavy (non-hydrogen) atoms. The average molecular weight is 558 g/mol. The molecule has 0 bridgehead atoms. The lowest BCUT2D eigenvalue weighted by molar-refractivity contribution is -0.137. The first kappa shape index (κ1) is 26.5. The van der Waals surface area contributed by atoms with Gasteiger partial charge in [0.15, 0.2) is 0 Å². The lowest BCUT2D eigenvalue weighted by Crippen LogP contribution is -2.35. The number of carbonyl (C=O) groups is 3. The molecule has 0 aromatic heterocycles. The number of carbonyl (C=O) groups excluding carboxylic acids is 3. The molecule has 1 aliphatic heterocycles. The summed E-state index contributed by atoms with van der Waals surface area (Å²) in [7, 11) is 1.65. The molecule has 4 aromatic rings. The summed E-state index contributed by atoms with van der Waals surface area (Å²) in [5.41, 5.74) is 2.36. The van der Waals surface area contributed by atoms with E-state index in [-0.39, 0.29) is 24.0 Å². The van der Waals surface area contributed by atoms with Gasteiger partial charge < -0.3 is 9.64 Å². The van der Waals surface area contributed by atoms with Crippen molar-refractivity contribution in [2.45, 2.75) is 6.92 Å². The van der Waals surface area contributed by atoms with Crippen LogP contribution >= 0.6 is 6.89 Å². The van der Waals surface area contributed by atoms with E-state index in [1.807, 2.05) is 66.7 Å². The largest absolute Gasteiger partial charge is 0.463 e. The number of likely N-dealkylation sites (N-methyl/N-ethyl adjacent to an activating group) is 1. The lowest BCUT2D eigenvalue weighted by Gasteiger charge is -2.32. The van der Waals surface area contributed by atoms with Gasteiger partial charge in [0.2, 0.25) is 5.78 Å². The zero-order valence-corrected chi connectivity index (χ0v) is 23.7. The summed E-state index contributed by atoms with van der Waals surface area (Å²) in [6, 6.07) is 37.3. The molecular weight excluding hydrogens is 529 g/mol. The van der Waals surface area contributed by atoms with E-state index >= 15 is 0 Å². The number of benzene rings is 4. The zero-order chi connectivity index (χ0) is 28.6. The number of hydrogen-bond donors (Lipinski definition) is 0. The quantitative estimate of drug-likeness (QED) is 0.202. The summed E-state index contributed by atoms with van der Waals surface area (Å²) >= 11 is 0. The van der Waals surface area contributed by atoms with Crippen molar-refractivity contribution in [1.29, 1.82) is 0 Å². The third kappa shape index (κ3) is 4.13.